The molecule has 0 radical (unpaired) electrons. The molecule has 8 heteroatoms. The van der Waals surface area contributed by atoms with Gasteiger partial charge in [-0.2, -0.15) is 0 Å². The first-order chi connectivity index (χ1) is 9.88. The van der Waals surface area contributed by atoms with Crippen molar-refractivity contribution < 1.29 is 14.1 Å². The summed E-state index contributed by atoms with van der Waals surface area (Å²) in [7, 11) is 0. The van der Waals surface area contributed by atoms with E-state index in [2.05, 4.69) is 26.2 Å². The zero-order valence-corrected chi connectivity index (χ0v) is 12.3. The molecule has 0 aliphatic carbocycles. The van der Waals surface area contributed by atoms with Gasteiger partial charge in [0.05, 0.1) is 4.92 Å². The number of aromatic nitrogens is 1. The smallest absolute Gasteiger partial charge is 0.282 e. The fourth-order valence-corrected chi connectivity index (χ4v) is 1.86. The predicted molar refractivity (Wildman–Crippen MR) is 77.7 cm³/mol. The fourth-order valence-electron chi connectivity index (χ4n) is 1.64. The van der Waals surface area contributed by atoms with Crippen molar-refractivity contribution >= 4 is 33.3 Å². The maximum atomic E-state index is 13.2. The molecule has 1 aromatic carbocycles. The van der Waals surface area contributed by atoms with Crippen molar-refractivity contribution in [3.63, 3.8) is 0 Å². The Labute approximate surface area is 127 Å². The molecule has 0 unspecified atom stereocenters. The van der Waals surface area contributed by atoms with Gasteiger partial charge in [0.15, 0.2) is 0 Å². The molecule has 6 nitrogen and oxygen atoms in total. The highest BCUT2D eigenvalue weighted by molar-refractivity contribution is 9.10. The van der Waals surface area contributed by atoms with E-state index in [9.17, 15) is 19.3 Å². The molecule has 0 spiro atoms. The number of carbonyl (C=O) groups is 1. The number of rotatable bonds is 3. The molecule has 1 aromatic heterocycles. The molecule has 0 aliphatic heterocycles. The SMILES string of the molecule is Cc1cc(NC(=O)c2cc(F)ccc2[N+](=O)[O-])ncc1Br. The maximum Gasteiger partial charge on any atom is 0.282 e. The van der Waals surface area contributed by atoms with Gasteiger partial charge in [-0.15, -0.1) is 0 Å². The van der Waals surface area contributed by atoms with E-state index < -0.39 is 22.3 Å². The first-order valence-corrected chi connectivity index (χ1v) is 6.55. The van der Waals surface area contributed by atoms with Gasteiger partial charge in [-0.1, -0.05) is 0 Å². The third kappa shape index (κ3) is 3.40. The van der Waals surface area contributed by atoms with Gasteiger partial charge in [0.25, 0.3) is 11.6 Å². The zero-order chi connectivity index (χ0) is 15.6. The van der Waals surface area contributed by atoms with Crippen LogP contribution in [0.1, 0.15) is 15.9 Å². The minimum absolute atomic E-state index is 0.222. The second-order valence-corrected chi connectivity index (χ2v) is 5.05. The third-order valence-electron chi connectivity index (χ3n) is 2.69. The number of nitrogens with one attached hydrogen (secondary N) is 1. The number of hydrogen-bond donors (Lipinski definition) is 1. The predicted octanol–water partition coefficient (Wildman–Crippen LogP) is 3.45. The number of halogens is 2. The number of benzene rings is 1. The van der Waals surface area contributed by atoms with Crippen molar-refractivity contribution in [2.45, 2.75) is 6.92 Å². The van der Waals surface area contributed by atoms with Crippen LogP contribution in [0.4, 0.5) is 15.9 Å². The zero-order valence-electron chi connectivity index (χ0n) is 10.8. The molecule has 0 saturated heterocycles. The second-order valence-electron chi connectivity index (χ2n) is 4.19. The van der Waals surface area contributed by atoms with Gasteiger partial charge >= 0.3 is 0 Å². The summed E-state index contributed by atoms with van der Waals surface area (Å²) >= 11 is 3.27. The molecule has 2 rings (SSSR count). The van der Waals surface area contributed by atoms with Crippen LogP contribution < -0.4 is 5.32 Å². The topological polar surface area (TPSA) is 85.1 Å². The van der Waals surface area contributed by atoms with Crippen molar-refractivity contribution in [1.82, 2.24) is 4.98 Å². The Morgan fingerprint density at radius 3 is 2.76 bits per heavy atom. The van der Waals surface area contributed by atoms with E-state index in [1.165, 1.54) is 6.20 Å². The van der Waals surface area contributed by atoms with Crippen molar-refractivity contribution in [3.8, 4) is 0 Å². The highest BCUT2D eigenvalue weighted by Gasteiger charge is 2.21. The van der Waals surface area contributed by atoms with Crippen molar-refractivity contribution in [2.24, 2.45) is 0 Å². The summed E-state index contributed by atoms with van der Waals surface area (Å²) in [5.74, 6) is -1.31. The van der Waals surface area contributed by atoms with E-state index in [1.54, 1.807) is 13.0 Å². The third-order valence-corrected chi connectivity index (χ3v) is 3.52. The van der Waals surface area contributed by atoms with E-state index in [0.717, 1.165) is 28.2 Å². The number of aryl methyl sites for hydroxylation is 1. The molecule has 0 atom stereocenters. The molecule has 2 aromatic rings. The fraction of sp³-hybridized carbons (Fsp3) is 0.0769. The van der Waals surface area contributed by atoms with Gasteiger partial charge in [0.1, 0.15) is 17.2 Å². The normalized spacial score (nSPS) is 10.2. The van der Waals surface area contributed by atoms with Crippen LogP contribution >= 0.6 is 15.9 Å². The molecule has 0 fully saturated rings. The molecule has 21 heavy (non-hydrogen) atoms. The molecule has 0 bridgehead atoms. The summed E-state index contributed by atoms with van der Waals surface area (Å²) in [4.78, 5) is 26.1. The van der Waals surface area contributed by atoms with Crippen molar-refractivity contribution in [2.75, 3.05) is 5.32 Å². The lowest BCUT2D eigenvalue weighted by atomic mass is 10.1. The number of carbonyl (C=O) groups excluding carboxylic acids is 1. The summed E-state index contributed by atoms with van der Waals surface area (Å²) in [5, 5.41) is 13.3. The number of pyridine rings is 1. The molecule has 1 N–H and O–H groups in total. The largest absolute Gasteiger partial charge is 0.306 e. The number of nitrogens with zero attached hydrogens (tertiary/aromatic N) is 2. The number of amides is 1. The van der Waals surface area contributed by atoms with Crippen LogP contribution in [0.5, 0.6) is 0 Å². The van der Waals surface area contributed by atoms with Crippen LogP contribution in [0.15, 0.2) is 34.9 Å². The van der Waals surface area contributed by atoms with Gasteiger partial charge in [-0.3, -0.25) is 14.9 Å². The Morgan fingerprint density at radius 1 is 1.43 bits per heavy atom. The first kappa shape index (κ1) is 15.0. The molecule has 108 valence electrons. The molecule has 0 aliphatic rings. The van der Waals surface area contributed by atoms with Crippen LogP contribution in [-0.2, 0) is 0 Å². The Balaban J connectivity index is 2.34. The summed E-state index contributed by atoms with van der Waals surface area (Å²) in [6.45, 7) is 1.80. The summed E-state index contributed by atoms with van der Waals surface area (Å²) in [5.41, 5.74) is -0.000789. The van der Waals surface area contributed by atoms with Crippen LogP contribution in [0.25, 0.3) is 0 Å². The standard InChI is InChI=1S/C13H9BrFN3O3/c1-7-4-12(16-6-10(7)14)17-13(19)9-5-8(15)2-3-11(9)18(20)21/h2-6H,1H3,(H,16,17,19). The van der Waals surface area contributed by atoms with Gasteiger partial charge in [-0.25, -0.2) is 9.37 Å². The maximum absolute atomic E-state index is 13.2. The highest BCUT2D eigenvalue weighted by Crippen LogP contribution is 2.22. The summed E-state index contributed by atoms with van der Waals surface area (Å²) in [6.07, 6.45) is 1.49. The minimum Gasteiger partial charge on any atom is -0.306 e. The van der Waals surface area contributed by atoms with E-state index in [4.69, 9.17) is 0 Å². The van der Waals surface area contributed by atoms with Crippen molar-refractivity contribution in [1.29, 1.82) is 0 Å². The summed E-state index contributed by atoms with van der Waals surface area (Å²) < 4.78 is 14.0. The van der Waals surface area contributed by atoms with Gasteiger partial charge in [0.2, 0.25) is 0 Å². The lowest BCUT2D eigenvalue weighted by molar-refractivity contribution is -0.385. The average molecular weight is 354 g/mol. The molecule has 1 amide bonds. The molecular formula is C13H9BrFN3O3. The van der Waals surface area contributed by atoms with Crippen LogP contribution in [0.2, 0.25) is 0 Å². The van der Waals surface area contributed by atoms with E-state index in [1.807, 2.05) is 0 Å². The van der Waals surface area contributed by atoms with Gasteiger partial charge in [-0.05, 0) is 46.6 Å². The lowest BCUT2D eigenvalue weighted by Crippen LogP contribution is -2.15. The Morgan fingerprint density at radius 2 is 2.14 bits per heavy atom. The van der Waals surface area contributed by atoms with Gasteiger partial charge in [0, 0.05) is 16.7 Å². The van der Waals surface area contributed by atoms with E-state index in [-0.39, 0.29) is 11.4 Å². The first-order valence-electron chi connectivity index (χ1n) is 5.76. The number of nitro groups is 1. The monoisotopic (exact) mass is 353 g/mol. The Kier molecular flexibility index (Phi) is 4.27. The summed E-state index contributed by atoms with van der Waals surface area (Å²) in [6, 6.07) is 4.29. The number of hydrogen-bond acceptors (Lipinski definition) is 4. The molecule has 1 heterocycles. The minimum atomic E-state index is -0.796. The second kappa shape index (κ2) is 5.96. The lowest BCUT2D eigenvalue weighted by Gasteiger charge is -2.06. The van der Waals surface area contributed by atoms with Gasteiger partial charge < -0.3 is 5.32 Å². The quantitative estimate of drug-likeness (QED) is 0.676. The van der Waals surface area contributed by atoms with Crippen LogP contribution in [0, 0.1) is 22.9 Å². The van der Waals surface area contributed by atoms with Crippen molar-refractivity contribution in [3.05, 3.63) is 62.0 Å². The number of anilines is 1. The van der Waals surface area contributed by atoms with Crippen LogP contribution in [0.3, 0.4) is 0 Å². The van der Waals surface area contributed by atoms with E-state index in [0.29, 0.717) is 0 Å². The highest BCUT2D eigenvalue weighted by atomic mass is 79.9. The molecule has 0 saturated carbocycles. The average Bonchev–Trinajstić information content (AvgIpc) is 2.42. The number of nitro benzene ring substituents is 1. The van der Waals surface area contributed by atoms with E-state index >= 15 is 0 Å². The Hall–Kier alpha value is -2.35. The Bertz CT molecular complexity index is 737. The molecular weight excluding hydrogens is 345 g/mol. The van der Waals surface area contributed by atoms with Crippen LogP contribution in [-0.4, -0.2) is 15.8 Å².